The van der Waals surface area contributed by atoms with Gasteiger partial charge in [-0.25, -0.2) is 9.97 Å². The topological polar surface area (TPSA) is 58.0 Å². The SMILES string of the molecule is CC(Nc1ncncc1I)C(C)(C)O. The van der Waals surface area contributed by atoms with E-state index in [0.29, 0.717) is 0 Å². The summed E-state index contributed by atoms with van der Waals surface area (Å²) in [6.07, 6.45) is 3.22. The molecule has 0 aliphatic heterocycles. The maximum atomic E-state index is 9.73. The zero-order valence-electron chi connectivity index (χ0n) is 8.45. The Bertz CT molecular complexity index is 311. The van der Waals surface area contributed by atoms with Crippen molar-refractivity contribution in [1.29, 1.82) is 0 Å². The lowest BCUT2D eigenvalue weighted by Crippen LogP contribution is -2.39. The molecule has 1 aromatic heterocycles. The average Bonchev–Trinajstić information content (AvgIpc) is 2.07. The van der Waals surface area contributed by atoms with Crippen LogP contribution in [0.1, 0.15) is 20.8 Å². The number of anilines is 1. The Morgan fingerprint density at radius 3 is 2.71 bits per heavy atom. The normalized spacial score (nSPS) is 13.8. The molecule has 2 N–H and O–H groups in total. The maximum Gasteiger partial charge on any atom is 0.143 e. The van der Waals surface area contributed by atoms with E-state index in [1.54, 1.807) is 20.0 Å². The Balaban J connectivity index is 2.75. The van der Waals surface area contributed by atoms with Gasteiger partial charge in [0.1, 0.15) is 12.1 Å². The Hall–Kier alpha value is -0.430. The van der Waals surface area contributed by atoms with Crippen LogP contribution in [-0.2, 0) is 0 Å². The zero-order chi connectivity index (χ0) is 10.8. The van der Waals surface area contributed by atoms with Gasteiger partial charge in [-0.2, -0.15) is 0 Å². The van der Waals surface area contributed by atoms with Crippen molar-refractivity contribution < 1.29 is 5.11 Å². The van der Waals surface area contributed by atoms with Gasteiger partial charge in [-0.05, 0) is 43.4 Å². The van der Waals surface area contributed by atoms with Crippen molar-refractivity contribution >= 4 is 28.4 Å². The first-order valence-electron chi connectivity index (χ1n) is 4.35. The van der Waals surface area contributed by atoms with E-state index in [4.69, 9.17) is 0 Å². The average molecular weight is 307 g/mol. The van der Waals surface area contributed by atoms with Crippen LogP contribution in [0.3, 0.4) is 0 Å². The van der Waals surface area contributed by atoms with Crippen molar-refractivity contribution in [3.8, 4) is 0 Å². The fourth-order valence-corrected chi connectivity index (χ4v) is 1.26. The number of hydrogen-bond donors (Lipinski definition) is 2. The molecule has 14 heavy (non-hydrogen) atoms. The Morgan fingerprint density at radius 1 is 1.57 bits per heavy atom. The zero-order valence-corrected chi connectivity index (χ0v) is 10.6. The first kappa shape index (κ1) is 11.6. The number of nitrogens with zero attached hydrogens (tertiary/aromatic N) is 2. The maximum absolute atomic E-state index is 9.73. The Kier molecular flexibility index (Phi) is 3.65. The van der Waals surface area contributed by atoms with Crippen LogP contribution in [0, 0.1) is 3.57 Å². The molecule has 78 valence electrons. The molecule has 0 aliphatic rings. The third-order valence-electron chi connectivity index (χ3n) is 2.08. The molecule has 1 atom stereocenters. The number of aliphatic hydroxyl groups is 1. The van der Waals surface area contributed by atoms with Crippen LogP contribution in [0.5, 0.6) is 0 Å². The second-order valence-corrected chi connectivity index (χ2v) is 4.90. The van der Waals surface area contributed by atoms with Crippen molar-refractivity contribution in [2.45, 2.75) is 32.4 Å². The molecule has 0 bridgehead atoms. The van der Waals surface area contributed by atoms with Crippen molar-refractivity contribution in [1.82, 2.24) is 9.97 Å². The van der Waals surface area contributed by atoms with E-state index in [-0.39, 0.29) is 6.04 Å². The minimum Gasteiger partial charge on any atom is -0.388 e. The number of aromatic nitrogens is 2. The van der Waals surface area contributed by atoms with E-state index in [0.717, 1.165) is 9.39 Å². The third-order valence-corrected chi connectivity index (χ3v) is 2.87. The molecule has 1 aromatic rings. The third kappa shape index (κ3) is 3.06. The van der Waals surface area contributed by atoms with Gasteiger partial charge in [-0.15, -0.1) is 0 Å². The second-order valence-electron chi connectivity index (χ2n) is 3.74. The van der Waals surface area contributed by atoms with Gasteiger partial charge in [0.25, 0.3) is 0 Å². The van der Waals surface area contributed by atoms with Gasteiger partial charge in [-0.1, -0.05) is 0 Å². The summed E-state index contributed by atoms with van der Waals surface area (Å²) in [5.74, 6) is 0.759. The van der Waals surface area contributed by atoms with Crippen molar-refractivity contribution in [2.75, 3.05) is 5.32 Å². The first-order valence-corrected chi connectivity index (χ1v) is 5.43. The Morgan fingerprint density at radius 2 is 2.21 bits per heavy atom. The smallest absolute Gasteiger partial charge is 0.143 e. The minimum atomic E-state index is -0.770. The van der Waals surface area contributed by atoms with Crippen molar-refractivity contribution in [2.24, 2.45) is 0 Å². The highest BCUT2D eigenvalue weighted by Gasteiger charge is 2.22. The predicted octanol–water partition coefficient (Wildman–Crippen LogP) is 1.65. The van der Waals surface area contributed by atoms with Gasteiger partial charge in [0.05, 0.1) is 15.2 Å². The fraction of sp³-hybridized carbons (Fsp3) is 0.556. The number of hydrogen-bond acceptors (Lipinski definition) is 4. The summed E-state index contributed by atoms with van der Waals surface area (Å²) in [5, 5.41) is 12.9. The molecule has 1 heterocycles. The van der Waals surface area contributed by atoms with E-state index in [1.807, 2.05) is 6.92 Å². The van der Waals surface area contributed by atoms with Gasteiger partial charge in [-0.3, -0.25) is 0 Å². The highest BCUT2D eigenvalue weighted by atomic mass is 127. The van der Waals surface area contributed by atoms with Gasteiger partial charge >= 0.3 is 0 Å². The van der Waals surface area contributed by atoms with E-state index < -0.39 is 5.60 Å². The molecule has 1 unspecified atom stereocenters. The monoisotopic (exact) mass is 307 g/mol. The summed E-state index contributed by atoms with van der Waals surface area (Å²) in [6.45, 7) is 5.44. The standard InChI is InChI=1S/C9H14IN3O/c1-6(9(2,3)14)13-8-7(10)4-11-5-12-8/h4-6,14H,1-3H3,(H,11,12,13). The molecular formula is C9H14IN3O. The minimum absolute atomic E-state index is 0.0640. The van der Waals surface area contributed by atoms with Crippen LogP contribution >= 0.6 is 22.6 Å². The lowest BCUT2D eigenvalue weighted by molar-refractivity contribution is 0.0647. The number of nitrogens with one attached hydrogen (secondary N) is 1. The van der Waals surface area contributed by atoms with Crippen molar-refractivity contribution in [3.05, 3.63) is 16.1 Å². The van der Waals surface area contributed by atoms with Crippen LogP contribution in [-0.4, -0.2) is 26.7 Å². The van der Waals surface area contributed by atoms with E-state index in [1.165, 1.54) is 6.33 Å². The summed E-state index contributed by atoms with van der Waals surface area (Å²) < 4.78 is 0.946. The quantitative estimate of drug-likeness (QED) is 0.834. The van der Waals surface area contributed by atoms with Gasteiger partial charge < -0.3 is 10.4 Å². The largest absolute Gasteiger partial charge is 0.388 e. The van der Waals surface area contributed by atoms with Crippen molar-refractivity contribution in [3.63, 3.8) is 0 Å². The molecule has 0 saturated carbocycles. The van der Waals surface area contributed by atoms with Gasteiger partial charge in [0.15, 0.2) is 0 Å². The highest BCUT2D eigenvalue weighted by molar-refractivity contribution is 14.1. The molecule has 4 nitrogen and oxygen atoms in total. The lowest BCUT2D eigenvalue weighted by atomic mass is 10.0. The summed E-state index contributed by atoms with van der Waals surface area (Å²) in [4.78, 5) is 7.98. The summed E-state index contributed by atoms with van der Waals surface area (Å²) in [5.41, 5.74) is -0.770. The Labute approximate surface area is 97.3 Å². The second kappa shape index (κ2) is 4.39. The number of halogens is 1. The molecule has 0 spiro atoms. The molecule has 0 fully saturated rings. The molecular weight excluding hydrogens is 293 g/mol. The summed E-state index contributed by atoms with van der Waals surface area (Å²) in [7, 11) is 0. The predicted molar refractivity (Wildman–Crippen MR) is 64.1 cm³/mol. The molecule has 0 saturated heterocycles. The van der Waals surface area contributed by atoms with Gasteiger partial charge in [0.2, 0.25) is 0 Å². The van der Waals surface area contributed by atoms with E-state index >= 15 is 0 Å². The number of rotatable bonds is 3. The molecule has 5 heteroatoms. The van der Waals surface area contributed by atoms with E-state index in [9.17, 15) is 5.11 Å². The molecule has 0 aliphatic carbocycles. The van der Waals surface area contributed by atoms with Crippen LogP contribution < -0.4 is 5.32 Å². The summed E-state index contributed by atoms with van der Waals surface area (Å²) in [6, 6.07) is -0.0640. The fourth-order valence-electron chi connectivity index (χ4n) is 0.801. The lowest BCUT2D eigenvalue weighted by Gasteiger charge is -2.27. The first-order chi connectivity index (χ1) is 6.41. The molecule has 0 aromatic carbocycles. The van der Waals surface area contributed by atoms with Crippen LogP contribution in [0.2, 0.25) is 0 Å². The molecule has 1 rings (SSSR count). The van der Waals surface area contributed by atoms with Crippen LogP contribution in [0.25, 0.3) is 0 Å². The molecule has 0 amide bonds. The summed E-state index contributed by atoms with van der Waals surface area (Å²) >= 11 is 2.15. The van der Waals surface area contributed by atoms with Crippen LogP contribution in [0.4, 0.5) is 5.82 Å². The van der Waals surface area contributed by atoms with Gasteiger partial charge in [0, 0.05) is 6.20 Å². The van der Waals surface area contributed by atoms with Crippen LogP contribution in [0.15, 0.2) is 12.5 Å². The van der Waals surface area contributed by atoms with E-state index in [2.05, 4.69) is 37.9 Å². The highest BCUT2D eigenvalue weighted by Crippen LogP contribution is 2.17. The molecule has 0 radical (unpaired) electrons.